The van der Waals surface area contributed by atoms with Gasteiger partial charge in [-0.3, -0.25) is 4.79 Å². The first-order chi connectivity index (χ1) is 7.09. The van der Waals surface area contributed by atoms with Crippen molar-refractivity contribution in [3.63, 3.8) is 0 Å². The largest absolute Gasteiger partial charge is 0.373 e. The van der Waals surface area contributed by atoms with Gasteiger partial charge in [-0.05, 0) is 12.1 Å². The summed E-state index contributed by atoms with van der Waals surface area (Å²) in [5, 5.41) is 12.5. The fraction of sp³-hybridized carbons (Fsp3) is 0.417. The highest BCUT2D eigenvalue weighted by Crippen LogP contribution is 2.09. The fourth-order valence-corrected chi connectivity index (χ4v) is 1.20. The summed E-state index contributed by atoms with van der Waals surface area (Å²) in [6.07, 6.45) is -0.658. The van der Waals surface area contributed by atoms with Gasteiger partial charge in [-0.2, -0.15) is 0 Å². The highest BCUT2D eigenvalue weighted by Gasteiger charge is 2.13. The highest BCUT2D eigenvalue weighted by molar-refractivity contribution is 5.81. The van der Waals surface area contributed by atoms with E-state index in [0.717, 1.165) is 5.69 Å². The predicted molar refractivity (Wildman–Crippen MR) is 60.5 cm³/mol. The van der Waals surface area contributed by atoms with Crippen molar-refractivity contribution in [2.75, 3.05) is 5.32 Å². The minimum absolute atomic E-state index is 0.0303. The van der Waals surface area contributed by atoms with E-state index >= 15 is 0 Å². The minimum Gasteiger partial charge on any atom is -0.373 e. The number of hydrogen-bond acceptors (Lipinski definition) is 3. The standard InChI is InChI=1S/C12H17NO2/c1-9(2)11(14)8-12(15)13-10-6-4-3-5-7-10/h3-7,9,12-13,15H,8H2,1-2H3. The molecule has 0 heterocycles. The number of hydrogen-bond donors (Lipinski definition) is 2. The van der Waals surface area contributed by atoms with Crippen LogP contribution in [0.5, 0.6) is 0 Å². The van der Waals surface area contributed by atoms with Crippen LogP contribution < -0.4 is 5.32 Å². The Labute approximate surface area is 90.1 Å². The lowest BCUT2D eigenvalue weighted by Crippen LogP contribution is -2.24. The molecule has 15 heavy (non-hydrogen) atoms. The summed E-state index contributed by atoms with van der Waals surface area (Å²) in [4.78, 5) is 11.3. The molecule has 0 fully saturated rings. The van der Waals surface area contributed by atoms with Crippen LogP contribution in [0.4, 0.5) is 5.69 Å². The molecule has 0 spiro atoms. The molecule has 0 amide bonds. The molecule has 1 aromatic rings. The lowest BCUT2D eigenvalue weighted by molar-refractivity contribution is -0.123. The summed E-state index contributed by atoms with van der Waals surface area (Å²) in [5.41, 5.74) is 0.821. The molecule has 0 radical (unpaired) electrons. The van der Waals surface area contributed by atoms with Crippen molar-refractivity contribution < 1.29 is 9.90 Å². The van der Waals surface area contributed by atoms with Crippen molar-refractivity contribution in [1.82, 2.24) is 0 Å². The Kier molecular flexibility index (Phi) is 4.31. The second-order valence-corrected chi connectivity index (χ2v) is 3.85. The molecule has 0 saturated carbocycles. The second-order valence-electron chi connectivity index (χ2n) is 3.85. The number of rotatable bonds is 5. The zero-order chi connectivity index (χ0) is 11.3. The third kappa shape index (κ3) is 4.13. The van der Waals surface area contributed by atoms with Crippen molar-refractivity contribution in [2.24, 2.45) is 5.92 Å². The number of Topliss-reactive ketones (excluding diaryl/α,β-unsaturated/α-hetero) is 1. The van der Waals surface area contributed by atoms with Crippen LogP contribution in [0.1, 0.15) is 20.3 Å². The van der Waals surface area contributed by atoms with Crippen LogP contribution in [0.3, 0.4) is 0 Å². The first-order valence-corrected chi connectivity index (χ1v) is 5.12. The third-order valence-electron chi connectivity index (χ3n) is 2.15. The molecule has 1 aromatic carbocycles. The third-order valence-corrected chi connectivity index (χ3v) is 2.15. The monoisotopic (exact) mass is 207 g/mol. The molecule has 1 atom stereocenters. The van der Waals surface area contributed by atoms with E-state index in [1.165, 1.54) is 0 Å². The Morgan fingerprint density at radius 3 is 2.47 bits per heavy atom. The zero-order valence-corrected chi connectivity index (χ0v) is 9.10. The van der Waals surface area contributed by atoms with E-state index in [1.54, 1.807) is 0 Å². The molecule has 0 aliphatic rings. The van der Waals surface area contributed by atoms with Gasteiger partial charge in [0.25, 0.3) is 0 Å². The molecule has 0 saturated heterocycles. The van der Waals surface area contributed by atoms with Crippen molar-refractivity contribution in [1.29, 1.82) is 0 Å². The smallest absolute Gasteiger partial charge is 0.139 e. The van der Waals surface area contributed by atoms with Crippen LogP contribution in [0.25, 0.3) is 0 Å². The van der Waals surface area contributed by atoms with Gasteiger partial charge in [-0.25, -0.2) is 0 Å². The summed E-state index contributed by atoms with van der Waals surface area (Å²) < 4.78 is 0. The van der Waals surface area contributed by atoms with Gasteiger partial charge in [0, 0.05) is 11.6 Å². The van der Waals surface area contributed by atoms with E-state index in [4.69, 9.17) is 0 Å². The Morgan fingerprint density at radius 2 is 1.93 bits per heavy atom. The number of nitrogens with one attached hydrogen (secondary N) is 1. The molecule has 82 valence electrons. The van der Waals surface area contributed by atoms with E-state index in [-0.39, 0.29) is 18.1 Å². The van der Waals surface area contributed by atoms with Crippen molar-refractivity contribution in [3.05, 3.63) is 30.3 Å². The summed E-state index contributed by atoms with van der Waals surface area (Å²) in [7, 11) is 0. The van der Waals surface area contributed by atoms with Gasteiger partial charge in [-0.1, -0.05) is 32.0 Å². The van der Waals surface area contributed by atoms with E-state index in [2.05, 4.69) is 5.32 Å². The lowest BCUT2D eigenvalue weighted by atomic mass is 10.1. The zero-order valence-electron chi connectivity index (χ0n) is 9.10. The summed E-state index contributed by atoms with van der Waals surface area (Å²) >= 11 is 0. The van der Waals surface area contributed by atoms with Crippen LogP contribution >= 0.6 is 0 Å². The van der Waals surface area contributed by atoms with Crippen LogP contribution in [0.2, 0.25) is 0 Å². The highest BCUT2D eigenvalue weighted by atomic mass is 16.3. The Morgan fingerprint density at radius 1 is 1.33 bits per heavy atom. The fourth-order valence-electron chi connectivity index (χ4n) is 1.20. The molecule has 1 rings (SSSR count). The molecule has 3 nitrogen and oxygen atoms in total. The molecule has 0 aliphatic carbocycles. The van der Waals surface area contributed by atoms with E-state index in [9.17, 15) is 9.90 Å². The van der Waals surface area contributed by atoms with Crippen LogP contribution in [0, 0.1) is 5.92 Å². The Balaban J connectivity index is 2.43. The Bertz CT molecular complexity index is 309. The number of anilines is 1. The van der Waals surface area contributed by atoms with Gasteiger partial charge in [0.2, 0.25) is 0 Å². The maximum atomic E-state index is 11.3. The quantitative estimate of drug-likeness (QED) is 0.726. The van der Waals surface area contributed by atoms with Crippen LogP contribution in [0.15, 0.2) is 30.3 Å². The number of para-hydroxylation sites is 1. The van der Waals surface area contributed by atoms with Gasteiger partial charge >= 0.3 is 0 Å². The molecular weight excluding hydrogens is 190 g/mol. The topological polar surface area (TPSA) is 49.3 Å². The SMILES string of the molecule is CC(C)C(=O)CC(O)Nc1ccccc1. The maximum absolute atomic E-state index is 11.3. The summed E-state index contributed by atoms with van der Waals surface area (Å²) in [6, 6.07) is 9.35. The molecule has 0 aliphatic heterocycles. The van der Waals surface area contributed by atoms with Gasteiger partial charge in [0.05, 0.1) is 6.42 Å². The first-order valence-electron chi connectivity index (χ1n) is 5.12. The predicted octanol–water partition coefficient (Wildman–Crippen LogP) is 2.03. The first kappa shape index (κ1) is 11.7. The van der Waals surface area contributed by atoms with Crippen molar-refractivity contribution >= 4 is 11.5 Å². The number of carbonyl (C=O) groups excluding carboxylic acids is 1. The number of carbonyl (C=O) groups is 1. The van der Waals surface area contributed by atoms with Gasteiger partial charge in [-0.15, -0.1) is 0 Å². The normalized spacial score (nSPS) is 12.5. The number of aliphatic hydroxyl groups excluding tert-OH is 1. The van der Waals surface area contributed by atoms with Gasteiger partial charge in [0.1, 0.15) is 12.0 Å². The molecule has 2 N–H and O–H groups in total. The van der Waals surface area contributed by atoms with E-state index < -0.39 is 6.23 Å². The number of aliphatic hydroxyl groups is 1. The van der Waals surface area contributed by atoms with Gasteiger partial charge < -0.3 is 10.4 Å². The van der Waals surface area contributed by atoms with E-state index in [0.29, 0.717) is 0 Å². The van der Waals surface area contributed by atoms with Crippen LogP contribution in [-0.4, -0.2) is 17.1 Å². The van der Waals surface area contributed by atoms with Crippen molar-refractivity contribution in [2.45, 2.75) is 26.5 Å². The molecular formula is C12H17NO2. The Hall–Kier alpha value is -1.35. The maximum Gasteiger partial charge on any atom is 0.139 e. The van der Waals surface area contributed by atoms with Crippen LogP contribution in [-0.2, 0) is 4.79 Å². The molecule has 0 bridgehead atoms. The number of ketones is 1. The van der Waals surface area contributed by atoms with Crippen molar-refractivity contribution in [3.8, 4) is 0 Å². The summed E-state index contributed by atoms with van der Waals surface area (Å²) in [5.74, 6) is 0.0307. The molecule has 1 unspecified atom stereocenters. The molecule has 3 heteroatoms. The van der Waals surface area contributed by atoms with E-state index in [1.807, 2.05) is 44.2 Å². The lowest BCUT2D eigenvalue weighted by Gasteiger charge is -2.14. The second kappa shape index (κ2) is 5.51. The summed E-state index contributed by atoms with van der Waals surface area (Å²) in [6.45, 7) is 3.66. The average Bonchev–Trinajstić information content (AvgIpc) is 2.18. The number of benzene rings is 1. The average molecular weight is 207 g/mol. The van der Waals surface area contributed by atoms with Gasteiger partial charge in [0.15, 0.2) is 0 Å². The molecule has 0 aromatic heterocycles. The minimum atomic E-state index is -0.803.